The largest absolute Gasteiger partial charge is 0.480 e. The number of pyridine rings is 1. The van der Waals surface area contributed by atoms with Gasteiger partial charge in [0.15, 0.2) is 0 Å². The summed E-state index contributed by atoms with van der Waals surface area (Å²) in [6.07, 6.45) is 7.35. The fraction of sp³-hybridized carbons (Fsp3) is 0.360. The van der Waals surface area contributed by atoms with Gasteiger partial charge in [-0.3, -0.25) is 9.78 Å². The molecule has 0 amide bonds. The maximum Gasteiger partial charge on any atom is 0.329 e. The molecule has 1 aliphatic carbocycles. The Kier molecular flexibility index (Phi) is 7.07. The third-order valence-electron chi connectivity index (χ3n) is 6.01. The summed E-state index contributed by atoms with van der Waals surface area (Å²) in [6.45, 7) is 0.814. The van der Waals surface area contributed by atoms with Crippen molar-refractivity contribution in [1.29, 1.82) is 0 Å². The molecular weight excluding hydrogens is 406 g/mol. The van der Waals surface area contributed by atoms with Crippen LogP contribution >= 0.6 is 0 Å². The molecule has 7 heteroatoms. The smallest absolute Gasteiger partial charge is 0.329 e. The van der Waals surface area contributed by atoms with Gasteiger partial charge in [0.05, 0.1) is 12.3 Å². The molecule has 2 heterocycles. The summed E-state index contributed by atoms with van der Waals surface area (Å²) in [6, 6.07) is 15.3. The van der Waals surface area contributed by atoms with Crippen LogP contribution in [0.2, 0.25) is 0 Å². The van der Waals surface area contributed by atoms with Gasteiger partial charge in [-0.1, -0.05) is 30.3 Å². The molecule has 1 fully saturated rings. The highest BCUT2D eigenvalue weighted by atomic mass is 16.5. The second-order valence-corrected chi connectivity index (χ2v) is 8.32. The molecule has 0 saturated heterocycles. The van der Waals surface area contributed by atoms with Crippen molar-refractivity contribution in [3.8, 4) is 22.4 Å². The lowest BCUT2D eigenvalue weighted by atomic mass is 9.82. The second-order valence-electron chi connectivity index (χ2n) is 8.32. The van der Waals surface area contributed by atoms with E-state index >= 15 is 0 Å². The van der Waals surface area contributed by atoms with Crippen LogP contribution in [0.15, 0.2) is 65.7 Å². The Labute approximate surface area is 186 Å². The Morgan fingerprint density at radius 3 is 2.38 bits per heavy atom. The molecule has 32 heavy (non-hydrogen) atoms. The number of rotatable bonds is 8. The fourth-order valence-electron chi connectivity index (χ4n) is 4.32. The summed E-state index contributed by atoms with van der Waals surface area (Å²) < 4.78 is 6.85. The highest BCUT2D eigenvalue weighted by Gasteiger charge is 2.23. The number of carboxylic acid groups (broad SMARTS) is 1. The quantitative estimate of drug-likeness (QED) is 0.579. The van der Waals surface area contributed by atoms with Crippen LogP contribution in [0.5, 0.6) is 0 Å². The number of carboxylic acids is 1. The van der Waals surface area contributed by atoms with E-state index in [4.69, 9.17) is 14.9 Å². The molecule has 1 N–H and O–H groups in total. The van der Waals surface area contributed by atoms with Gasteiger partial charge in [-0.15, -0.1) is 0 Å². The van der Waals surface area contributed by atoms with Gasteiger partial charge in [-0.05, 0) is 55.2 Å². The van der Waals surface area contributed by atoms with Crippen molar-refractivity contribution in [1.82, 2.24) is 14.8 Å². The maximum absolute atomic E-state index is 13.0. The molecule has 4 rings (SSSR count). The minimum absolute atomic E-state index is 0.103. The van der Waals surface area contributed by atoms with Gasteiger partial charge in [-0.2, -0.15) is 5.10 Å². The zero-order chi connectivity index (χ0) is 22.3. The molecule has 1 saturated carbocycles. The molecule has 166 valence electrons. The molecule has 0 radical (unpaired) electrons. The van der Waals surface area contributed by atoms with Gasteiger partial charge in [0.25, 0.3) is 5.56 Å². The Morgan fingerprint density at radius 1 is 1.00 bits per heavy atom. The summed E-state index contributed by atoms with van der Waals surface area (Å²) in [5, 5.41) is 13.5. The molecule has 0 bridgehead atoms. The number of carbonyl (C=O) groups is 1. The Hall–Kier alpha value is -3.32. The lowest BCUT2D eigenvalue weighted by molar-refractivity contribution is -0.142. The molecule has 0 aliphatic heterocycles. The van der Waals surface area contributed by atoms with Gasteiger partial charge in [0.2, 0.25) is 0 Å². The van der Waals surface area contributed by atoms with Crippen LogP contribution in [0.3, 0.4) is 0 Å². The number of nitrogens with zero attached hydrogens (tertiary/aromatic N) is 3. The number of benzene rings is 1. The van der Waals surface area contributed by atoms with E-state index in [-0.39, 0.29) is 12.2 Å². The average molecular weight is 434 g/mol. The van der Waals surface area contributed by atoms with Crippen molar-refractivity contribution in [2.24, 2.45) is 11.8 Å². The molecule has 1 aliphatic rings. The lowest BCUT2D eigenvalue weighted by Crippen LogP contribution is -2.29. The van der Waals surface area contributed by atoms with E-state index in [1.54, 1.807) is 23.1 Å². The van der Waals surface area contributed by atoms with Crippen LogP contribution in [0.25, 0.3) is 22.4 Å². The summed E-state index contributed by atoms with van der Waals surface area (Å²) in [4.78, 5) is 27.7. The van der Waals surface area contributed by atoms with Crippen LogP contribution in [-0.2, 0) is 16.1 Å². The van der Waals surface area contributed by atoms with E-state index in [9.17, 15) is 9.59 Å². The van der Waals surface area contributed by atoms with Gasteiger partial charge in [0, 0.05) is 36.1 Å². The van der Waals surface area contributed by atoms with Crippen molar-refractivity contribution in [3.63, 3.8) is 0 Å². The number of aliphatic carboxylic acids is 1. The molecule has 3 aromatic rings. The monoisotopic (exact) mass is 433 g/mol. The Bertz CT molecular complexity index is 1090. The highest BCUT2D eigenvalue weighted by Crippen LogP contribution is 2.31. The first kappa shape index (κ1) is 21.9. The van der Waals surface area contributed by atoms with Crippen molar-refractivity contribution in [2.45, 2.75) is 32.2 Å². The van der Waals surface area contributed by atoms with Crippen LogP contribution in [0.1, 0.15) is 25.7 Å². The number of ether oxygens (including phenoxy) is 1. The van der Waals surface area contributed by atoms with E-state index in [2.05, 4.69) is 4.98 Å². The topological polar surface area (TPSA) is 94.3 Å². The number of hydrogen-bond donors (Lipinski definition) is 1. The van der Waals surface area contributed by atoms with Crippen molar-refractivity contribution < 1.29 is 14.6 Å². The molecule has 0 atom stereocenters. The maximum atomic E-state index is 13.0. The summed E-state index contributed by atoms with van der Waals surface area (Å²) >= 11 is 0. The SMILES string of the molecule is O=C(O)COC[C@H]1CC[C@@H](Cn2nc(-c3ccncc3)c(-c3ccccc3)cc2=O)CC1. The third kappa shape index (κ3) is 5.48. The van der Waals surface area contributed by atoms with Crippen molar-refractivity contribution in [2.75, 3.05) is 13.2 Å². The minimum atomic E-state index is -0.937. The van der Waals surface area contributed by atoms with Gasteiger partial charge in [-0.25, -0.2) is 9.48 Å². The van der Waals surface area contributed by atoms with E-state index in [0.717, 1.165) is 48.1 Å². The zero-order valence-electron chi connectivity index (χ0n) is 17.9. The molecule has 1 aromatic carbocycles. The molecular formula is C25H27N3O4. The fourth-order valence-corrected chi connectivity index (χ4v) is 4.32. The van der Waals surface area contributed by atoms with E-state index in [1.807, 2.05) is 42.5 Å². The first-order valence-corrected chi connectivity index (χ1v) is 11.0. The van der Waals surface area contributed by atoms with Crippen LogP contribution in [0, 0.1) is 11.8 Å². The lowest BCUT2D eigenvalue weighted by Gasteiger charge is -2.28. The second kappa shape index (κ2) is 10.3. The summed E-state index contributed by atoms with van der Waals surface area (Å²) in [5.41, 5.74) is 3.37. The molecule has 0 unspecified atom stereocenters. The first-order valence-electron chi connectivity index (χ1n) is 11.0. The van der Waals surface area contributed by atoms with Crippen molar-refractivity contribution in [3.05, 3.63) is 71.3 Å². The van der Waals surface area contributed by atoms with Crippen LogP contribution in [-0.4, -0.2) is 39.1 Å². The molecule has 2 aromatic heterocycles. The van der Waals surface area contributed by atoms with Gasteiger partial charge >= 0.3 is 5.97 Å². The van der Waals surface area contributed by atoms with Crippen molar-refractivity contribution >= 4 is 5.97 Å². The van der Waals surface area contributed by atoms with E-state index in [1.165, 1.54) is 0 Å². The summed E-state index contributed by atoms with van der Waals surface area (Å²) in [5.74, 6) is -0.194. The predicted molar refractivity (Wildman–Crippen MR) is 121 cm³/mol. The normalized spacial score (nSPS) is 18.4. The van der Waals surface area contributed by atoms with Crippen LogP contribution in [0.4, 0.5) is 0 Å². The van der Waals surface area contributed by atoms with E-state index < -0.39 is 5.97 Å². The zero-order valence-corrected chi connectivity index (χ0v) is 17.9. The van der Waals surface area contributed by atoms with Gasteiger partial charge in [0.1, 0.15) is 6.61 Å². The standard InChI is InChI=1S/C25H27N3O4/c29-23-14-22(20-4-2-1-3-5-20)25(21-10-12-26-13-11-21)27-28(23)15-18-6-8-19(9-7-18)16-32-17-24(30)31/h1-5,10-14,18-19H,6-9,15-17H2,(H,30,31)/t18-,19+. The third-order valence-corrected chi connectivity index (χ3v) is 6.01. The molecule has 7 nitrogen and oxygen atoms in total. The average Bonchev–Trinajstić information content (AvgIpc) is 2.82. The van der Waals surface area contributed by atoms with E-state index in [0.29, 0.717) is 25.0 Å². The predicted octanol–water partition coefficient (Wildman–Crippen LogP) is 3.88. The Balaban J connectivity index is 1.52. The Morgan fingerprint density at radius 2 is 1.69 bits per heavy atom. The van der Waals surface area contributed by atoms with Crippen LogP contribution < -0.4 is 5.56 Å². The number of hydrogen-bond acceptors (Lipinski definition) is 5. The summed E-state index contributed by atoms with van der Waals surface area (Å²) in [7, 11) is 0. The molecule has 0 spiro atoms. The highest BCUT2D eigenvalue weighted by molar-refractivity contribution is 5.79. The number of aromatic nitrogens is 3. The minimum Gasteiger partial charge on any atom is -0.480 e. The first-order chi connectivity index (χ1) is 15.6. The van der Waals surface area contributed by atoms with Gasteiger partial charge < -0.3 is 9.84 Å².